The Balaban J connectivity index is 0.000000344. The molecule has 0 saturated carbocycles. The topological polar surface area (TPSA) is 138 Å². The van der Waals surface area contributed by atoms with Gasteiger partial charge in [0.05, 0.1) is 198 Å². The molecule has 3 aliphatic heterocycles. The Kier molecular flexibility index (Phi) is 37.3. The summed E-state index contributed by atoms with van der Waals surface area (Å²) in [5.74, 6) is 0. The van der Waals surface area contributed by atoms with Crippen molar-refractivity contribution in [2.45, 2.75) is 0 Å². The van der Waals surface area contributed by atoms with E-state index in [2.05, 4.69) is 0 Å². The lowest BCUT2D eigenvalue weighted by Crippen LogP contribution is -2.16. The lowest BCUT2D eigenvalue weighted by Gasteiger charge is -2.09. The van der Waals surface area contributed by atoms with Crippen molar-refractivity contribution in [1.82, 2.24) is 0 Å². The van der Waals surface area contributed by atoms with E-state index in [-0.39, 0.29) is 0 Å². The maximum absolute atomic E-state index is 5.33. The summed E-state index contributed by atoms with van der Waals surface area (Å²) in [6.45, 7) is 18.3. The minimum absolute atomic E-state index is 0.586. The van der Waals surface area contributed by atoms with Gasteiger partial charge in [0, 0.05) is 0 Å². The fourth-order valence-electron chi connectivity index (χ4n) is 3.30. The molecule has 3 aliphatic rings. The van der Waals surface area contributed by atoms with Crippen molar-refractivity contribution in [2.75, 3.05) is 198 Å². The maximum atomic E-state index is 5.33. The molecule has 0 bridgehead atoms. The van der Waals surface area contributed by atoms with Gasteiger partial charge in [0.25, 0.3) is 0 Å². The molecule has 270 valence electrons. The summed E-state index contributed by atoms with van der Waals surface area (Å²) in [4.78, 5) is 0. The first kappa shape index (κ1) is 42.4. The second-order valence-corrected chi connectivity index (χ2v) is 9.19. The molecule has 45 heavy (non-hydrogen) atoms. The fraction of sp³-hybridized carbons (Fsp3) is 1.00. The van der Waals surface area contributed by atoms with E-state index in [9.17, 15) is 0 Å². The van der Waals surface area contributed by atoms with Gasteiger partial charge in [-0.25, -0.2) is 0 Å². The van der Waals surface area contributed by atoms with Crippen LogP contribution in [0.5, 0.6) is 0 Å². The zero-order chi connectivity index (χ0) is 31.8. The van der Waals surface area contributed by atoms with Gasteiger partial charge >= 0.3 is 0 Å². The second kappa shape index (κ2) is 39.6. The van der Waals surface area contributed by atoms with Crippen molar-refractivity contribution in [2.24, 2.45) is 0 Å². The van der Waals surface area contributed by atoms with Gasteiger partial charge in [-0.05, 0) is 0 Å². The molecule has 3 rings (SSSR count). The van der Waals surface area contributed by atoms with Crippen LogP contribution in [0.1, 0.15) is 0 Å². The monoisotopic (exact) mass is 660 g/mol. The maximum Gasteiger partial charge on any atom is 0.0701 e. The largest absolute Gasteiger partial charge is 0.377 e. The standard InChI is InChI=1S/C12H24O6.C10H20O5.C8H16O4/c1-2-14-5-6-16-9-10-18-12-11-17-8-7-15-4-3-13-1;1-2-12-5-6-14-9-10-15-8-7-13-4-3-11-1;1-2-10-5-6-12-8-7-11-4-3-9-1/h1-12H2;1-10H2;1-8H2. The Morgan fingerprint density at radius 1 is 0.0889 bits per heavy atom. The highest BCUT2D eigenvalue weighted by molar-refractivity contribution is 4.40. The van der Waals surface area contributed by atoms with Gasteiger partial charge in [-0.15, -0.1) is 0 Å². The molecule has 0 aromatic carbocycles. The van der Waals surface area contributed by atoms with Crippen LogP contribution in [-0.4, -0.2) is 198 Å². The molecule has 0 radical (unpaired) electrons. The van der Waals surface area contributed by atoms with E-state index < -0.39 is 0 Å². The molecule has 0 atom stereocenters. The molecule has 0 amide bonds. The van der Waals surface area contributed by atoms with Crippen molar-refractivity contribution in [3.8, 4) is 0 Å². The first-order valence-electron chi connectivity index (χ1n) is 16.2. The minimum Gasteiger partial charge on any atom is -0.377 e. The average Bonchev–Trinajstić information content (AvgIpc) is 3.06. The van der Waals surface area contributed by atoms with Gasteiger partial charge in [-0.2, -0.15) is 0 Å². The van der Waals surface area contributed by atoms with Gasteiger partial charge in [0.15, 0.2) is 0 Å². The minimum atomic E-state index is 0.586. The lowest BCUT2D eigenvalue weighted by molar-refractivity contribution is -0.0334. The Morgan fingerprint density at radius 2 is 0.133 bits per heavy atom. The van der Waals surface area contributed by atoms with E-state index in [0.717, 1.165) is 0 Å². The van der Waals surface area contributed by atoms with Gasteiger partial charge in [-0.1, -0.05) is 0 Å². The van der Waals surface area contributed by atoms with Gasteiger partial charge in [0.1, 0.15) is 0 Å². The molecule has 3 saturated heterocycles. The summed E-state index contributed by atoms with van der Waals surface area (Å²) in [5.41, 5.74) is 0. The highest BCUT2D eigenvalue weighted by Crippen LogP contribution is 1.88. The molecule has 0 aromatic heterocycles. The summed E-state index contributed by atoms with van der Waals surface area (Å²) in [5, 5.41) is 0. The number of rotatable bonds is 0. The Hall–Kier alpha value is -0.600. The lowest BCUT2D eigenvalue weighted by atomic mass is 10.6. The zero-order valence-electron chi connectivity index (χ0n) is 27.3. The van der Waals surface area contributed by atoms with Crippen molar-refractivity contribution in [1.29, 1.82) is 0 Å². The average molecular weight is 661 g/mol. The summed E-state index contributed by atoms with van der Waals surface area (Å²) in [6, 6.07) is 0. The molecular weight excluding hydrogens is 600 g/mol. The van der Waals surface area contributed by atoms with Crippen molar-refractivity contribution in [3.63, 3.8) is 0 Å². The summed E-state index contributed by atoms with van der Waals surface area (Å²) >= 11 is 0. The molecule has 15 nitrogen and oxygen atoms in total. The summed E-state index contributed by atoms with van der Waals surface area (Å²) in [6.07, 6.45) is 0. The van der Waals surface area contributed by atoms with Crippen LogP contribution in [0.2, 0.25) is 0 Å². The molecule has 0 N–H and O–H groups in total. The van der Waals surface area contributed by atoms with Crippen LogP contribution in [0, 0.1) is 0 Å². The number of hydrogen-bond donors (Lipinski definition) is 0. The third-order valence-electron chi connectivity index (χ3n) is 5.58. The van der Waals surface area contributed by atoms with Crippen LogP contribution in [0.4, 0.5) is 0 Å². The van der Waals surface area contributed by atoms with Crippen LogP contribution in [-0.2, 0) is 71.1 Å². The second-order valence-electron chi connectivity index (χ2n) is 9.19. The van der Waals surface area contributed by atoms with Crippen molar-refractivity contribution < 1.29 is 71.1 Å². The van der Waals surface area contributed by atoms with E-state index in [1.165, 1.54) is 0 Å². The highest BCUT2D eigenvalue weighted by atomic mass is 16.6. The molecule has 0 aromatic rings. The van der Waals surface area contributed by atoms with Crippen molar-refractivity contribution in [3.05, 3.63) is 0 Å². The Bertz CT molecular complexity index is 359. The van der Waals surface area contributed by atoms with Gasteiger partial charge in [-0.3, -0.25) is 0 Å². The molecule has 0 aliphatic carbocycles. The molecule has 3 heterocycles. The van der Waals surface area contributed by atoms with E-state index in [0.29, 0.717) is 198 Å². The predicted octanol–water partition coefficient (Wildman–Crippen LogP) is 0.249. The molecule has 15 heteroatoms. The third-order valence-corrected chi connectivity index (χ3v) is 5.58. The van der Waals surface area contributed by atoms with E-state index >= 15 is 0 Å². The smallest absolute Gasteiger partial charge is 0.0701 e. The van der Waals surface area contributed by atoms with Crippen LogP contribution >= 0.6 is 0 Å². The van der Waals surface area contributed by atoms with E-state index in [4.69, 9.17) is 71.1 Å². The molecular formula is C30H60O15. The van der Waals surface area contributed by atoms with Crippen LogP contribution in [0.15, 0.2) is 0 Å². The van der Waals surface area contributed by atoms with Crippen LogP contribution in [0.25, 0.3) is 0 Å². The van der Waals surface area contributed by atoms with E-state index in [1.807, 2.05) is 0 Å². The fourth-order valence-corrected chi connectivity index (χ4v) is 3.30. The quantitative estimate of drug-likeness (QED) is 0.351. The Morgan fingerprint density at radius 3 is 0.178 bits per heavy atom. The van der Waals surface area contributed by atoms with Crippen LogP contribution in [0.3, 0.4) is 0 Å². The summed E-state index contributed by atoms with van der Waals surface area (Å²) < 4.78 is 79.2. The van der Waals surface area contributed by atoms with Gasteiger partial charge < -0.3 is 71.1 Å². The normalized spacial score (nSPS) is 24.0. The molecule has 3 fully saturated rings. The first-order chi connectivity index (χ1) is 22.5. The third kappa shape index (κ3) is 37.7. The first-order valence-corrected chi connectivity index (χ1v) is 16.2. The van der Waals surface area contributed by atoms with E-state index in [1.54, 1.807) is 0 Å². The number of ether oxygens (including phenoxy) is 15. The molecule has 0 spiro atoms. The van der Waals surface area contributed by atoms with Crippen LogP contribution < -0.4 is 0 Å². The van der Waals surface area contributed by atoms with Gasteiger partial charge in [0.2, 0.25) is 0 Å². The summed E-state index contributed by atoms with van der Waals surface area (Å²) in [7, 11) is 0. The zero-order valence-corrected chi connectivity index (χ0v) is 27.3. The highest BCUT2D eigenvalue weighted by Gasteiger charge is 1.98. The SMILES string of the molecule is C1COCCOCCOCCO1.C1COCCOCCOCCOCCO1.C1COCCOCCOCCOCCOCCO1. The number of hydrogen-bond acceptors (Lipinski definition) is 15. The van der Waals surface area contributed by atoms with Crippen molar-refractivity contribution >= 4 is 0 Å². The predicted molar refractivity (Wildman–Crippen MR) is 162 cm³/mol. The molecule has 0 unspecified atom stereocenters. The Labute approximate surface area is 269 Å².